The van der Waals surface area contributed by atoms with Crippen molar-refractivity contribution in [2.24, 2.45) is 4.99 Å². The summed E-state index contributed by atoms with van der Waals surface area (Å²) in [6.45, 7) is 0. The highest BCUT2D eigenvalue weighted by Gasteiger charge is 2.08. The van der Waals surface area contributed by atoms with E-state index in [2.05, 4.69) is 22.4 Å². The first-order valence-corrected chi connectivity index (χ1v) is 3.69. The minimum atomic E-state index is -1.43. The molecule has 0 saturated heterocycles. The molecule has 0 aromatic heterocycles. The first-order valence-electron chi connectivity index (χ1n) is 3.28. The standard InChI is InChI=1S/C7H6BNO2S/c10-8(11)6-1-3-7(4-2-6)9-5-12/h1-4,10-11H. The number of aliphatic imine (C=N–C) groups is 1. The van der Waals surface area contributed by atoms with Crippen LogP contribution in [0.15, 0.2) is 29.3 Å². The van der Waals surface area contributed by atoms with Gasteiger partial charge in [0.25, 0.3) is 0 Å². The normalized spacial score (nSPS) is 8.83. The lowest BCUT2D eigenvalue weighted by atomic mass is 9.80. The maximum absolute atomic E-state index is 8.73. The van der Waals surface area contributed by atoms with Gasteiger partial charge in [0.2, 0.25) is 0 Å². The first-order chi connectivity index (χ1) is 5.74. The molecule has 0 atom stereocenters. The minimum Gasteiger partial charge on any atom is -0.423 e. The number of nitrogens with zero attached hydrogens (tertiary/aromatic N) is 1. The van der Waals surface area contributed by atoms with Crippen LogP contribution in [0.2, 0.25) is 0 Å². The quantitative estimate of drug-likeness (QED) is 0.384. The molecule has 12 heavy (non-hydrogen) atoms. The minimum absolute atomic E-state index is 0.429. The van der Waals surface area contributed by atoms with Crippen molar-refractivity contribution in [2.45, 2.75) is 0 Å². The van der Waals surface area contributed by atoms with E-state index in [4.69, 9.17) is 10.0 Å². The summed E-state index contributed by atoms with van der Waals surface area (Å²) in [6, 6.07) is 6.40. The Morgan fingerprint density at radius 2 is 1.83 bits per heavy atom. The summed E-state index contributed by atoms with van der Waals surface area (Å²) in [6.07, 6.45) is 0. The van der Waals surface area contributed by atoms with Gasteiger partial charge in [-0.3, -0.25) is 0 Å². The van der Waals surface area contributed by atoms with Crippen LogP contribution in [0.5, 0.6) is 0 Å². The molecule has 0 saturated carbocycles. The summed E-state index contributed by atoms with van der Waals surface area (Å²) in [5.74, 6) is 0. The molecule has 0 radical (unpaired) electrons. The van der Waals surface area contributed by atoms with Crippen molar-refractivity contribution in [1.29, 1.82) is 0 Å². The summed E-state index contributed by atoms with van der Waals surface area (Å²) >= 11 is 4.40. The molecular weight excluding hydrogens is 173 g/mol. The van der Waals surface area contributed by atoms with Gasteiger partial charge < -0.3 is 10.0 Å². The van der Waals surface area contributed by atoms with Crippen LogP contribution in [0, 0.1) is 0 Å². The molecule has 3 nitrogen and oxygen atoms in total. The largest absolute Gasteiger partial charge is 0.488 e. The Kier molecular flexibility index (Phi) is 3.14. The van der Waals surface area contributed by atoms with Crippen LogP contribution in [-0.2, 0) is 0 Å². The monoisotopic (exact) mass is 179 g/mol. The summed E-state index contributed by atoms with van der Waals surface area (Å²) in [5.41, 5.74) is 1.08. The average Bonchev–Trinajstić information content (AvgIpc) is 2.06. The number of hydrogen-bond acceptors (Lipinski definition) is 4. The molecule has 2 N–H and O–H groups in total. The number of rotatable bonds is 2. The van der Waals surface area contributed by atoms with E-state index in [1.54, 1.807) is 24.3 Å². The Bertz CT molecular complexity index is 306. The molecule has 0 heterocycles. The summed E-state index contributed by atoms with van der Waals surface area (Å²) < 4.78 is 0. The Balaban J connectivity index is 2.92. The highest BCUT2D eigenvalue weighted by atomic mass is 32.1. The molecular formula is C7H6BNO2S. The number of benzene rings is 1. The van der Waals surface area contributed by atoms with Gasteiger partial charge in [-0.1, -0.05) is 12.1 Å². The van der Waals surface area contributed by atoms with E-state index in [1.165, 1.54) is 0 Å². The van der Waals surface area contributed by atoms with Crippen LogP contribution >= 0.6 is 12.2 Å². The Morgan fingerprint density at radius 3 is 2.25 bits per heavy atom. The van der Waals surface area contributed by atoms with E-state index >= 15 is 0 Å². The summed E-state index contributed by atoms with van der Waals surface area (Å²) in [4.78, 5) is 3.71. The molecule has 0 spiro atoms. The lowest BCUT2D eigenvalue weighted by Crippen LogP contribution is -2.29. The number of isothiocyanates is 1. The molecule has 60 valence electrons. The highest BCUT2D eigenvalue weighted by molar-refractivity contribution is 7.78. The third-order valence-corrected chi connectivity index (χ3v) is 1.46. The summed E-state index contributed by atoms with van der Waals surface area (Å²) in [7, 11) is -1.43. The van der Waals surface area contributed by atoms with Gasteiger partial charge in [-0.2, -0.15) is 4.99 Å². The predicted molar refractivity (Wildman–Crippen MR) is 51.0 cm³/mol. The molecule has 0 unspecified atom stereocenters. The maximum Gasteiger partial charge on any atom is 0.488 e. The van der Waals surface area contributed by atoms with Crippen molar-refractivity contribution in [3.05, 3.63) is 24.3 Å². The molecule has 0 bridgehead atoms. The van der Waals surface area contributed by atoms with Gasteiger partial charge in [-0.05, 0) is 29.8 Å². The van der Waals surface area contributed by atoms with Gasteiger partial charge in [0.15, 0.2) is 0 Å². The van der Waals surface area contributed by atoms with E-state index in [0.29, 0.717) is 11.2 Å². The molecule has 0 amide bonds. The Labute approximate surface area is 75.5 Å². The maximum atomic E-state index is 8.73. The average molecular weight is 179 g/mol. The second-order valence-corrected chi connectivity index (χ2v) is 2.35. The van der Waals surface area contributed by atoms with E-state index in [-0.39, 0.29) is 0 Å². The van der Waals surface area contributed by atoms with Crippen molar-refractivity contribution in [3.63, 3.8) is 0 Å². The van der Waals surface area contributed by atoms with Crippen LogP contribution in [0.3, 0.4) is 0 Å². The van der Waals surface area contributed by atoms with Gasteiger partial charge in [0.1, 0.15) is 0 Å². The van der Waals surface area contributed by atoms with Gasteiger partial charge in [0.05, 0.1) is 10.8 Å². The van der Waals surface area contributed by atoms with Gasteiger partial charge in [0, 0.05) is 0 Å². The zero-order chi connectivity index (χ0) is 8.97. The lowest BCUT2D eigenvalue weighted by Gasteiger charge is -1.97. The second-order valence-electron chi connectivity index (χ2n) is 2.17. The van der Waals surface area contributed by atoms with Crippen molar-refractivity contribution in [3.8, 4) is 0 Å². The third kappa shape index (κ3) is 2.25. The first kappa shape index (κ1) is 9.10. The molecule has 0 aliphatic carbocycles. The molecule has 0 aliphatic rings. The van der Waals surface area contributed by atoms with Crippen molar-refractivity contribution in [1.82, 2.24) is 0 Å². The predicted octanol–water partition coefficient (Wildman–Crippen LogP) is 0.101. The van der Waals surface area contributed by atoms with E-state index in [0.717, 1.165) is 0 Å². The van der Waals surface area contributed by atoms with Gasteiger partial charge >= 0.3 is 7.12 Å². The second kappa shape index (κ2) is 4.14. The van der Waals surface area contributed by atoms with Crippen LogP contribution in [0.1, 0.15) is 0 Å². The highest BCUT2D eigenvalue weighted by Crippen LogP contribution is 2.06. The zero-order valence-corrected chi connectivity index (χ0v) is 6.95. The van der Waals surface area contributed by atoms with Crippen LogP contribution in [0.4, 0.5) is 5.69 Å². The van der Waals surface area contributed by atoms with Gasteiger partial charge in [-0.15, -0.1) is 0 Å². The Hall–Kier alpha value is -0.995. The number of thiocarbonyl (C=S) groups is 1. The van der Waals surface area contributed by atoms with Crippen molar-refractivity contribution in [2.75, 3.05) is 0 Å². The van der Waals surface area contributed by atoms with Crippen LogP contribution < -0.4 is 5.46 Å². The molecule has 1 aromatic rings. The molecule has 1 rings (SSSR count). The fourth-order valence-electron chi connectivity index (χ4n) is 0.774. The smallest absolute Gasteiger partial charge is 0.423 e. The van der Waals surface area contributed by atoms with E-state index < -0.39 is 7.12 Å². The summed E-state index contributed by atoms with van der Waals surface area (Å²) in [5, 5.41) is 19.7. The fourth-order valence-corrected chi connectivity index (χ4v) is 0.879. The lowest BCUT2D eigenvalue weighted by molar-refractivity contribution is 0.426. The topological polar surface area (TPSA) is 52.8 Å². The Morgan fingerprint density at radius 1 is 1.25 bits per heavy atom. The molecule has 5 heteroatoms. The molecule has 1 aromatic carbocycles. The van der Waals surface area contributed by atoms with Crippen molar-refractivity contribution >= 4 is 35.6 Å². The van der Waals surface area contributed by atoms with E-state index in [1.807, 2.05) is 0 Å². The molecule has 0 aliphatic heterocycles. The fraction of sp³-hybridized carbons (Fsp3) is 0. The number of hydrogen-bond donors (Lipinski definition) is 2. The molecule has 0 fully saturated rings. The van der Waals surface area contributed by atoms with Gasteiger partial charge in [-0.25, -0.2) is 0 Å². The van der Waals surface area contributed by atoms with Crippen LogP contribution in [-0.4, -0.2) is 22.3 Å². The zero-order valence-electron chi connectivity index (χ0n) is 6.14. The van der Waals surface area contributed by atoms with Crippen LogP contribution in [0.25, 0.3) is 0 Å². The SMILES string of the molecule is OB(O)c1ccc(N=C=S)cc1. The van der Waals surface area contributed by atoms with Crippen molar-refractivity contribution < 1.29 is 10.0 Å². The third-order valence-electron chi connectivity index (χ3n) is 1.37. The van der Waals surface area contributed by atoms with E-state index in [9.17, 15) is 0 Å².